The van der Waals surface area contributed by atoms with Gasteiger partial charge in [-0.15, -0.1) is 0 Å². The number of carboxylic acids is 1. The Morgan fingerprint density at radius 3 is 2.57 bits per heavy atom. The van der Waals surface area contributed by atoms with Crippen molar-refractivity contribution in [2.45, 2.75) is 0 Å². The highest BCUT2D eigenvalue weighted by Gasteiger charge is 2.23. The number of nitrogens with zero attached hydrogens (tertiary/aromatic N) is 1. The number of benzene rings is 2. The average molecular weight is 312 g/mol. The number of rotatable bonds is 4. The summed E-state index contributed by atoms with van der Waals surface area (Å²) in [4.78, 5) is 21.2. The molecule has 0 fully saturated rings. The van der Waals surface area contributed by atoms with Crippen molar-refractivity contribution in [1.82, 2.24) is 0 Å². The van der Waals surface area contributed by atoms with E-state index in [1.807, 2.05) is 0 Å². The molecular formula is C13H7ClFNO5. The van der Waals surface area contributed by atoms with Gasteiger partial charge < -0.3 is 9.84 Å². The van der Waals surface area contributed by atoms with Crippen molar-refractivity contribution in [1.29, 1.82) is 0 Å². The van der Waals surface area contributed by atoms with Gasteiger partial charge in [0.05, 0.1) is 9.95 Å². The van der Waals surface area contributed by atoms with Crippen molar-refractivity contribution in [2.75, 3.05) is 0 Å². The van der Waals surface area contributed by atoms with Gasteiger partial charge in [0.1, 0.15) is 17.1 Å². The molecule has 0 saturated carbocycles. The molecule has 0 amide bonds. The maximum Gasteiger partial charge on any atom is 0.342 e. The maximum atomic E-state index is 13.5. The molecule has 2 aromatic rings. The molecule has 6 nitrogen and oxygen atoms in total. The molecule has 1 N–H and O–H groups in total. The van der Waals surface area contributed by atoms with E-state index in [0.29, 0.717) is 0 Å². The molecule has 0 bridgehead atoms. The summed E-state index contributed by atoms with van der Waals surface area (Å²) >= 11 is 5.82. The Bertz CT molecular complexity index is 734. The second kappa shape index (κ2) is 5.76. The third-order valence-electron chi connectivity index (χ3n) is 2.54. The van der Waals surface area contributed by atoms with Gasteiger partial charge in [-0.2, -0.15) is 0 Å². The van der Waals surface area contributed by atoms with Gasteiger partial charge in [0, 0.05) is 6.07 Å². The number of nitro groups is 1. The summed E-state index contributed by atoms with van der Waals surface area (Å²) in [5.41, 5.74) is -1.19. The van der Waals surface area contributed by atoms with Crippen molar-refractivity contribution < 1.29 is 24.0 Å². The summed E-state index contributed by atoms with van der Waals surface area (Å²) in [6.07, 6.45) is 0. The molecule has 0 heterocycles. The number of hydrogen-bond acceptors (Lipinski definition) is 4. The monoisotopic (exact) mass is 311 g/mol. The number of ether oxygens (including phenoxy) is 1. The Labute approximate surface area is 122 Å². The minimum atomic E-state index is -1.56. The molecule has 0 aliphatic rings. The van der Waals surface area contributed by atoms with Crippen LogP contribution in [0.1, 0.15) is 10.4 Å². The Morgan fingerprint density at radius 2 is 1.95 bits per heavy atom. The lowest BCUT2D eigenvalue weighted by molar-refractivity contribution is -0.385. The molecule has 21 heavy (non-hydrogen) atoms. The van der Waals surface area contributed by atoms with Crippen molar-refractivity contribution in [3.8, 4) is 11.5 Å². The standard InChI is InChI=1S/C13H7ClFNO5/c14-7-3-1-5-9(16(19)20)12(7)21-10-6-2-4-8(15)11(10)13(17)18/h1-6H,(H,17,18). The topological polar surface area (TPSA) is 89.7 Å². The minimum Gasteiger partial charge on any atom is -0.477 e. The fourth-order valence-electron chi connectivity index (χ4n) is 1.65. The Balaban J connectivity index is 2.56. The van der Waals surface area contributed by atoms with E-state index in [0.717, 1.165) is 12.1 Å². The highest BCUT2D eigenvalue weighted by Crippen LogP contribution is 2.39. The van der Waals surface area contributed by atoms with Crippen molar-refractivity contribution >= 4 is 23.3 Å². The van der Waals surface area contributed by atoms with E-state index in [-0.39, 0.29) is 16.5 Å². The number of para-hydroxylation sites is 1. The van der Waals surface area contributed by atoms with Gasteiger partial charge in [0.25, 0.3) is 0 Å². The van der Waals surface area contributed by atoms with Crippen LogP contribution in [0.15, 0.2) is 36.4 Å². The first-order valence-corrected chi connectivity index (χ1v) is 5.92. The number of carbonyl (C=O) groups is 1. The molecule has 0 radical (unpaired) electrons. The van der Waals surface area contributed by atoms with Crippen molar-refractivity contribution in [3.05, 3.63) is 62.9 Å². The van der Waals surface area contributed by atoms with Crippen LogP contribution in [0.4, 0.5) is 10.1 Å². The minimum absolute atomic E-state index is 0.0928. The van der Waals surface area contributed by atoms with Crippen LogP contribution in [0.3, 0.4) is 0 Å². The molecule has 108 valence electrons. The third-order valence-corrected chi connectivity index (χ3v) is 2.84. The summed E-state index contributed by atoms with van der Waals surface area (Å²) < 4.78 is 18.7. The van der Waals surface area contributed by atoms with E-state index < -0.39 is 28.0 Å². The average Bonchev–Trinajstić information content (AvgIpc) is 2.40. The van der Waals surface area contributed by atoms with E-state index in [2.05, 4.69) is 0 Å². The predicted molar refractivity (Wildman–Crippen MR) is 71.5 cm³/mol. The zero-order chi connectivity index (χ0) is 15.6. The predicted octanol–water partition coefficient (Wildman–Crippen LogP) is 3.88. The maximum absolute atomic E-state index is 13.5. The van der Waals surface area contributed by atoms with E-state index in [1.165, 1.54) is 24.3 Å². The summed E-state index contributed by atoms with van der Waals surface area (Å²) in [7, 11) is 0. The molecule has 0 unspecified atom stereocenters. The fraction of sp³-hybridized carbons (Fsp3) is 0. The fourth-order valence-corrected chi connectivity index (χ4v) is 1.86. The van der Waals surface area contributed by atoms with Crippen molar-refractivity contribution in [2.24, 2.45) is 0 Å². The first-order valence-electron chi connectivity index (χ1n) is 5.54. The van der Waals surface area contributed by atoms with Crippen LogP contribution in [-0.4, -0.2) is 16.0 Å². The van der Waals surface area contributed by atoms with Gasteiger partial charge in [0.2, 0.25) is 5.75 Å². The molecule has 8 heteroatoms. The Hall–Kier alpha value is -2.67. The first kappa shape index (κ1) is 14.7. The number of carboxylic acid groups (broad SMARTS) is 1. The number of hydrogen-bond donors (Lipinski definition) is 1. The van der Waals surface area contributed by atoms with Gasteiger partial charge in [-0.1, -0.05) is 23.7 Å². The van der Waals surface area contributed by atoms with Crippen LogP contribution in [0.2, 0.25) is 5.02 Å². The summed E-state index contributed by atoms with van der Waals surface area (Å²) in [6, 6.07) is 7.16. The van der Waals surface area contributed by atoms with E-state index in [9.17, 15) is 19.3 Å². The number of halogens is 2. The third kappa shape index (κ3) is 2.92. The molecule has 0 atom stereocenters. The van der Waals surface area contributed by atoms with Crippen molar-refractivity contribution in [3.63, 3.8) is 0 Å². The molecule has 0 spiro atoms. The number of nitro benzene ring substituents is 1. The summed E-state index contributed by atoms with van der Waals surface area (Å²) in [5, 5.41) is 19.8. The first-order chi connectivity index (χ1) is 9.91. The lowest BCUT2D eigenvalue weighted by Gasteiger charge is -2.10. The van der Waals surface area contributed by atoms with Gasteiger partial charge >= 0.3 is 11.7 Å². The summed E-state index contributed by atoms with van der Waals surface area (Å²) in [5.74, 6) is -3.30. The highest BCUT2D eigenvalue weighted by atomic mass is 35.5. The molecule has 0 aromatic heterocycles. The van der Waals surface area contributed by atoms with Gasteiger partial charge in [-0.25, -0.2) is 9.18 Å². The second-order valence-corrected chi connectivity index (χ2v) is 4.27. The molecule has 0 saturated heterocycles. The zero-order valence-corrected chi connectivity index (χ0v) is 11.0. The largest absolute Gasteiger partial charge is 0.477 e. The molecule has 0 aliphatic carbocycles. The normalized spacial score (nSPS) is 10.2. The van der Waals surface area contributed by atoms with Gasteiger partial charge in [-0.3, -0.25) is 10.1 Å². The van der Waals surface area contributed by atoms with Crippen LogP contribution in [0.25, 0.3) is 0 Å². The van der Waals surface area contributed by atoms with Crippen LogP contribution in [0, 0.1) is 15.9 Å². The zero-order valence-electron chi connectivity index (χ0n) is 10.2. The quantitative estimate of drug-likeness (QED) is 0.683. The van der Waals surface area contributed by atoms with Crippen LogP contribution >= 0.6 is 11.6 Å². The van der Waals surface area contributed by atoms with Gasteiger partial charge in [0.15, 0.2) is 0 Å². The van der Waals surface area contributed by atoms with Crippen LogP contribution in [0.5, 0.6) is 11.5 Å². The van der Waals surface area contributed by atoms with E-state index in [1.54, 1.807) is 0 Å². The number of aromatic carboxylic acids is 1. The molecule has 2 aromatic carbocycles. The Morgan fingerprint density at radius 1 is 1.29 bits per heavy atom. The van der Waals surface area contributed by atoms with E-state index in [4.69, 9.17) is 21.4 Å². The summed E-state index contributed by atoms with van der Waals surface area (Å²) in [6.45, 7) is 0. The molecule has 0 aliphatic heterocycles. The van der Waals surface area contributed by atoms with Crippen LogP contribution < -0.4 is 4.74 Å². The SMILES string of the molecule is O=C(O)c1c(F)cccc1Oc1c(Cl)cccc1[N+](=O)[O-]. The smallest absolute Gasteiger partial charge is 0.342 e. The lowest BCUT2D eigenvalue weighted by Crippen LogP contribution is -2.04. The lowest BCUT2D eigenvalue weighted by atomic mass is 10.2. The second-order valence-electron chi connectivity index (χ2n) is 3.87. The Kier molecular flexibility index (Phi) is 4.04. The van der Waals surface area contributed by atoms with E-state index >= 15 is 0 Å². The van der Waals surface area contributed by atoms with Crippen LogP contribution in [-0.2, 0) is 0 Å². The molecule has 2 rings (SSSR count). The highest BCUT2D eigenvalue weighted by molar-refractivity contribution is 6.32. The van der Waals surface area contributed by atoms with Gasteiger partial charge in [-0.05, 0) is 18.2 Å². The molecular weight excluding hydrogens is 305 g/mol.